The molecule has 0 spiro atoms. The monoisotopic (exact) mass is 330 g/mol. The number of carbonyl (C=O) groups is 2. The number of nitrogens with zero attached hydrogens (tertiary/aromatic N) is 1. The fourth-order valence-corrected chi connectivity index (χ4v) is 2.48. The number of nitrogens with one attached hydrogen (secondary N) is 1. The minimum Gasteiger partial charge on any atom is -0.440 e. The minimum absolute atomic E-state index is 0.0205. The normalized spacial score (nSPS) is 14.3. The van der Waals surface area contributed by atoms with Crippen molar-refractivity contribution in [2.75, 3.05) is 20.2 Å². The van der Waals surface area contributed by atoms with Gasteiger partial charge in [0.25, 0.3) is 0 Å². The van der Waals surface area contributed by atoms with Crippen LogP contribution in [0.15, 0.2) is 24.3 Å². The molecule has 0 saturated heterocycles. The van der Waals surface area contributed by atoms with Crippen molar-refractivity contribution in [3.05, 3.63) is 35.4 Å². The Morgan fingerprint density at radius 2 is 1.83 bits per heavy atom. The first kappa shape index (κ1) is 17.1. The van der Waals surface area contributed by atoms with E-state index in [1.165, 1.54) is 16.0 Å². The average Bonchev–Trinajstić information content (AvgIpc) is 2.93. The van der Waals surface area contributed by atoms with E-state index in [1.54, 1.807) is 7.05 Å². The molecule has 0 aliphatic heterocycles. The van der Waals surface area contributed by atoms with Crippen molar-refractivity contribution in [3.8, 4) is 0 Å². The van der Waals surface area contributed by atoms with Crippen LogP contribution in [0, 0.1) is 0 Å². The van der Waals surface area contributed by atoms with Gasteiger partial charge in [-0.15, -0.1) is 0 Å². The SMILES string of the molecule is CN(C(=O)CNC(=O)OCC(F)(F)F)C1Cc2ccccc2C1. The molecule has 1 aromatic carbocycles. The van der Waals surface area contributed by atoms with Gasteiger partial charge in [0.1, 0.15) is 6.54 Å². The molecule has 0 unspecified atom stereocenters. The first-order valence-corrected chi connectivity index (χ1v) is 7.06. The molecule has 0 fully saturated rings. The van der Waals surface area contributed by atoms with Gasteiger partial charge in [-0.3, -0.25) is 4.79 Å². The Bertz CT molecular complexity index is 565. The van der Waals surface area contributed by atoms with Crippen LogP contribution in [0.4, 0.5) is 18.0 Å². The Labute approximate surface area is 131 Å². The van der Waals surface area contributed by atoms with Gasteiger partial charge in [-0.05, 0) is 24.0 Å². The largest absolute Gasteiger partial charge is 0.440 e. The Kier molecular flexibility index (Phi) is 5.12. The van der Waals surface area contributed by atoms with Crippen LogP contribution in [-0.2, 0) is 22.4 Å². The van der Waals surface area contributed by atoms with E-state index in [4.69, 9.17) is 0 Å². The highest BCUT2D eigenvalue weighted by atomic mass is 19.4. The molecule has 1 aromatic rings. The van der Waals surface area contributed by atoms with Crippen LogP contribution in [0.1, 0.15) is 11.1 Å². The van der Waals surface area contributed by atoms with E-state index >= 15 is 0 Å². The number of hydrogen-bond donors (Lipinski definition) is 1. The van der Waals surface area contributed by atoms with E-state index in [0.717, 1.165) is 12.8 Å². The molecule has 0 aromatic heterocycles. The molecule has 0 saturated carbocycles. The summed E-state index contributed by atoms with van der Waals surface area (Å²) in [6.45, 7) is -2.08. The molecular formula is C15H17F3N2O3. The van der Waals surface area contributed by atoms with Gasteiger partial charge >= 0.3 is 12.3 Å². The molecule has 0 radical (unpaired) electrons. The molecule has 8 heteroatoms. The van der Waals surface area contributed by atoms with Gasteiger partial charge in [-0.2, -0.15) is 13.2 Å². The lowest BCUT2D eigenvalue weighted by Crippen LogP contribution is -2.44. The molecule has 23 heavy (non-hydrogen) atoms. The predicted octanol–water partition coefficient (Wildman–Crippen LogP) is 1.90. The van der Waals surface area contributed by atoms with E-state index in [-0.39, 0.29) is 11.9 Å². The highest BCUT2D eigenvalue weighted by Crippen LogP contribution is 2.24. The van der Waals surface area contributed by atoms with Crippen LogP contribution in [0.5, 0.6) is 0 Å². The summed E-state index contributed by atoms with van der Waals surface area (Å²) in [7, 11) is 1.61. The predicted molar refractivity (Wildman–Crippen MR) is 75.8 cm³/mol. The number of ether oxygens (including phenoxy) is 1. The summed E-state index contributed by atoms with van der Waals surface area (Å²) in [5.74, 6) is -0.383. The fourth-order valence-electron chi connectivity index (χ4n) is 2.48. The number of halogens is 3. The number of hydrogen-bond acceptors (Lipinski definition) is 3. The van der Waals surface area contributed by atoms with Crippen LogP contribution >= 0.6 is 0 Å². The molecule has 1 N–H and O–H groups in total. The summed E-state index contributed by atoms with van der Waals surface area (Å²) in [6.07, 6.45) is -4.42. The number of carbonyl (C=O) groups excluding carboxylic acids is 2. The number of alkyl carbamates (subject to hydrolysis) is 1. The Balaban J connectivity index is 1.77. The second-order valence-electron chi connectivity index (χ2n) is 5.38. The zero-order chi connectivity index (χ0) is 17.0. The van der Waals surface area contributed by atoms with E-state index in [2.05, 4.69) is 4.74 Å². The van der Waals surface area contributed by atoms with Crippen LogP contribution in [-0.4, -0.2) is 49.3 Å². The molecule has 0 bridgehead atoms. The van der Waals surface area contributed by atoms with Crippen LogP contribution in [0.2, 0.25) is 0 Å². The molecule has 2 rings (SSSR count). The minimum atomic E-state index is -4.59. The lowest BCUT2D eigenvalue weighted by molar-refractivity contribution is -0.160. The van der Waals surface area contributed by atoms with E-state index < -0.39 is 25.4 Å². The number of benzene rings is 1. The van der Waals surface area contributed by atoms with Crippen molar-refractivity contribution in [2.45, 2.75) is 25.1 Å². The third-order valence-corrected chi connectivity index (χ3v) is 3.72. The van der Waals surface area contributed by atoms with Crippen molar-refractivity contribution >= 4 is 12.0 Å². The maximum absolute atomic E-state index is 12.0. The number of fused-ring (bicyclic) bond motifs is 1. The summed E-state index contributed by atoms with van der Waals surface area (Å²) < 4.78 is 39.7. The van der Waals surface area contributed by atoms with E-state index in [0.29, 0.717) is 0 Å². The molecule has 0 atom stereocenters. The molecule has 1 aliphatic rings. The summed E-state index contributed by atoms with van der Waals surface area (Å²) in [4.78, 5) is 24.6. The highest BCUT2D eigenvalue weighted by molar-refractivity contribution is 5.82. The zero-order valence-electron chi connectivity index (χ0n) is 12.5. The Morgan fingerprint density at radius 1 is 1.26 bits per heavy atom. The highest BCUT2D eigenvalue weighted by Gasteiger charge is 2.30. The third kappa shape index (κ3) is 4.87. The van der Waals surface area contributed by atoms with Crippen molar-refractivity contribution in [3.63, 3.8) is 0 Å². The summed E-state index contributed by atoms with van der Waals surface area (Å²) in [5, 5.41) is 2.03. The third-order valence-electron chi connectivity index (χ3n) is 3.72. The standard InChI is InChI=1S/C15H17F3N2O3/c1-20(12-6-10-4-2-3-5-11(10)7-12)13(21)8-19-14(22)23-9-15(16,17)18/h2-5,12H,6-9H2,1H3,(H,19,22). The Hall–Kier alpha value is -2.25. The van der Waals surface area contributed by atoms with Crippen LogP contribution in [0.3, 0.4) is 0 Å². The van der Waals surface area contributed by atoms with E-state index in [1.807, 2.05) is 29.6 Å². The van der Waals surface area contributed by atoms with Gasteiger partial charge in [0.05, 0.1) is 0 Å². The first-order valence-electron chi connectivity index (χ1n) is 7.06. The van der Waals surface area contributed by atoms with Gasteiger partial charge in [0.15, 0.2) is 6.61 Å². The van der Waals surface area contributed by atoms with Gasteiger partial charge in [-0.1, -0.05) is 24.3 Å². The molecule has 1 aliphatic carbocycles. The van der Waals surface area contributed by atoms with Gasteiger partial charge in [0, 0.05) is 13.1 Å². The average molecular weight is 330 g/mol. The second kappa shape index (κ2) is 6.89. The molecular weight excluding hydrogens is 313 g/mol. The number of alkyl halides is 3. The lowest BCUT2D eigenvalue weighted by atomic mass is 10.1. The first-order chi connectivity index (χ1) is 10.8. The molecule has 0 heterocycles. The summed E-state index contributed by atoms with van der Waals surface area (Å²) in [5.41, 5.74) is 2.35. The number of amides is 2. The van der Waals surface area contributed by atoms with Crippen molar-refractivity contribution in [1.82, 2.24) is 10.2 Å². The number of rotatable bonds is 4. The van der Waals surface area contributed by atoms with Crippen molar-refractivity contribution in [1.29, 1.82) is 0 Å². The van der Waals surface area contributed by atoms with Crippen LogP contribution in [0.25, 0.3) is 0 Å². The molecule has 2 amide bonds. The Morgan fingerprint density at radius 3 is 2.35 bits per heavy atom. The summed E-state index contributed by atoms with van der Waals surface area (Å²) in [6, 6.07) is 7.84. The molecule has 126 valence electrons. The zero-order valence-corrected chi connectivity index (χ0v) is 12.5. The maximum Gasteiger partial charge on any atom is 0.422 e. The number of likely N-dealkylation sites (N-methyl/N-ethyl adjacent to an activating group) is 1. The quantitative estimate of drug-likeness (QED) is 0.917. The molecule has 5 nitrogen and oxygen atoms in total. The van der Waals surface area contributed by atoms with Crippen molar-refractivity contribution in [2.24, 2.45) is 0 Å². The van der Waals surface area contributed by atoms with Crippen molar-refractivity contribution < 1.29 is 27.5 Å². The topological polar surface area (TPSA) is 58.6 Å². The summed E-state index contributed by atoms with van der Waals surface area (Å²) >= 11 is 0. The van der Waals surface area contributed by atoms with Gasteiger partial charge in [-0.25, -0.2) is 4.79 Å². The lowest BCUT2D eigenvalue weighted by Gasteiger charge is -2.24. The van der Waals surface area contributed by atoms with Gasteiger partial charge in [0.2, 0.25) is 5.91 Å². The van der Waals surface area contributed by atoms with Crippen LogP contribution < -0.4 is 5.32 Å². The van der Waals surface area contributed by atoms with Gasteiger partial charge < -0.3 is 15.0 Å². The van der Waals surface area contributed by atoms with E-state index in [9.17, 15) is 22.8 Å². The second-order valence-corrected chi connectivity index (χ2v) is 5.38. The fraction of sp³-hybridized carbons (Fsp3) is 0.467. The smallest absolute Gasteiger partial charge is 0.422 e. The maximum atomic E-state index is 12.0.